The van der Waals surface area contributed by atoms with Crippen LogP contribution in [-0.2, 0) is 14.8 Å². The van der Waals surface area contributed by atoms with Crippen LogP contribution in [0.5, 0.6) is 0 Å². The van der Waals surface area contributed by atoms with E-state index in [9.17, 15) is 13.2 Å². The summed E-state index contributed by atoms with van der Waals surface area (Å²) in [5.74, 6) is 0.166. The van der Waals surface area contributed by atoms with Crippen molar-refractivity contribution >= 4 is 50.1 Å². The summed E-state index contributed by atoms with van der Waals surface area (Å²) in [6, 6.07) is 11.5. The van der Waals surface area contributed by atoms with Crippen molar-refractivity contribution in [3.8, 4) is 0 Å². The van der Waals surface area contributed by atoms with E-state index in [-0.39, 0.29) is 17.7 Å². The van der Waals surface area contributed by atoms with E-state index in [1.54, 1.807) is 0 Å². The van der Waals surface area contributed by atoms with Gasteiger partial charge in [0.2, 0.25) is 15.9 Å². The number of hydrogen-bond donors (Lipinski definition) is 1. The minimum absolute atomic E-state index is 0.0978. The van der Waals surface area contributed by atoms with Crippen LogP contribution in [0, 0.1) is 0 Å². The molecule has 1 unspecified atom stereocenters. The highest BCUT2D eigenvalue weighted by atomic mass is 35.5. The average Bonchev–Trinajstić information content (AvgIpc) is 2.59. The number of benzene rings is 2. The number of thioether (sulfide) groups is 1. The summed E-state index contributed by atoms with van der Waals surface area (Å²) in [5, 5.41) is 5.62. The maximum atomic E-state index is 12.3. The van der Waals surface area contributed by atoms with Crippen molar-refractivity contribution < 1.29 is 13.2 Å². The standard InChI is InChI=1S/C18H21ClN2O3S2/c1-26(23,24)21-10-4-7-14(11-21)20-17(22)12-25-16-9-3-6-13-5-2-8-15(19)18(13)16/h2-3,5-6,8-9,14H,4,7,10-12H2,1H3,(H,20,22). The van der Waals surface area contributed by atoms with E-state index in [4.69, 9.17) is 11.6 Å². The predicted octanol–water partition coefficient (Wildman–Crippen LogP) is 3.13. The molecule has 1 aliphatic rings. The van der Waals surface area contributed by atoms with Crippen LogP contribution in [0.25, 0.3) is 10.8 Å². The monoisotopic (exact) mass is 412 g/mol. The molecule has 1 N–H and O–H groups in total. The number of nitrogens with zero attached hydrogens (tertiary/aromatic N) is 1. The molecule has 8 heteroatoms. The number of carbonyl (C=O) groups excluding carboxylic acids is 1. The molecule has 1 atom stereocenters. The molecular formula is C18H21ClN2O3S2. The van der Waals surface area contributed by atoms with Crippen molar-refractivity contribution in [2.45, 2.75) is 23.8 Å². The summed E-state index contributed by atoms with van der Waals surface area (Å²) < 4.78 is 24.8. The number of hydrogen-bond acceptors (Lipinski definition) is 4. The lowest BCUT2D eigenvalue weighted by atomic mass is 10.1. The minimum atomic E-state index is -3.22. The van der Waals surface area contributed by atoms with Gasteiger partial charge in [-0.2, -0.15) is 0 Å². The summed E-state index contributed by atoms with van der Waals surface area (Å²) >= 11 is 7.75. The van der Waals surface area contributed by atoms with E-state index in [2.05, 4.69) is 5.32 Å². The first-order chi connectivity index (χ1) is 12.3. The fraction of sp³-hybridized carbons (Fsp3) is 0.389. The zero-order valence-corrected chi connectivity index (χ0v) is 16.8. The number of amides is 1. The fourth-order valence-corrected chi connectivity index (χ4v) is 5.32. The average molecular weight is 413 g/mol. The van der Waals surface area contributed by atoms with Gasteiger partial charge in [-0.05, 0) is 30.4 Å². The number of rotatable bonds is 5. The summed E-state index contributed by atoms with van der Waals surface area (Å²) in [6.45, 7) is 0.865. The number of piperidine rings is 1. The Morgan fingerprint density at radius 2 is 2.04 bits per heavy atom. The van der Waals surface area contributed by atoms with Crippen LogP contribution in [0.15, 0.2) is 41.3 Å². The van der Waals surface area contributed by atoms with E-state index in [1.165, 1.54) is 22.3 Å². The Morgan fingerprint density at radius 1 is 1.31 bits per heavy atom. The molecule has 1 saturated heterocycles. The van der Waals surface area contributed by atoms with Gasteiger partial charge in [0.1, 0.15) is 0 Å². The highest BCUT2D eigenvalue weighted by Gasteiger charge is 2.26. The molecule has 1 aliphatic heterocycles. The molecule has 5 nitrogen and oxygen atoms in total. The van der Waals surface area contributed by atoms with Gasteiger partial charge in [0.25, 0.3) is 0 Å². The van der Waals surface area contributed by atoms with Gasteiger partial charge >= 0.3 is 0 Å². The van der Waals surface area contributed by atoms with Crippen LogP contribution in [0.2, 0.25) is 5.02 Å². The maximum Gasteiger partial charge on any atom is 0.230 e. The van der Waals surface area contributed by atoms with E-state index >= 15 is 0 Å². The number of sulfonamides is 1. The first-order valence-corrected chi connectivity index (χ1v) is 11.6. The lowest BCUT2D eigenvalue weighted by Gasteiger charge is -2.31. The second-order valence-electron chi connectivity index (χ2n) is 6.41. The Morgan fingerprint density at radius 3 is 2.77 bits per heavy atom. The summed E-state index contributed by atoms with van der Waals surface area (Å²) in [5.41, 5.74) is 0. The van der Waals surface area contributed by atoms with Gasteiger partial charge in [0.05, 0.1) is 12.0 Å². The highest BCUT2D eigenvalue weighted by Crippen LogP contribution is 2.33. The van der Waals surface area contributed by atoms with E-state index < -0.39 is 10.0 Å². The molecule has 140 valence electrons. The van der Waals surface area contributed by atoms with Crippen LogP contribution < -0.4 is 5.32 Å². The topological polar surface area (TPSA) is 66.5 Å². The molecule has 2 aromatic rings. The third-order valence-electron chi connectivity index (χ3n) is 4.39. The second kappa shape index (κ2) is 8.17. The van der Waals surface area contributed by atoms with Crippen LogP contribution in [0.4, 0.5) is 0 Å². The first-order valence-electron chi connectivity index (χ1n) is 8.39. The molecule has 1 heterocycles. The zero-order chi connectivity index (χ0) is 18.7. The normalized spacial score (nSPS) is 18.8. The molecule has 0 aliphatic carbocycles. The molecule has 0 radical (unpaired) electrons. The van der Waals surface area contributed by atoms with Crippen molar-refractivity contribution in [2.75, 3.05) is 25.1 Å². The third kappa shape index (κ3) is 4.71. The Bertz CT molecular complexity index is 913. The highest BCUT2D eigenvalue weighted by molar-refractivity contribution is 8.00. The van der Waals surface area contributed by atoms with Gasteiger partial charge in [-0.1, -0.05) is 35.9 Å². The Hall–Kier alpha value is -1.28. The lowest BCUT2D eigenvalue weighted by Crippen LogP contribution is -2.49. The first kappa shape index (κ1) is 19.5. The smallest absolute Gasteiger partial charge is 0.230 e. The van der Waals surface area contributed by atoms with Gasteiger partial charge in [-0.25, -0.2) is 12.7 Å². The largest absolute Gasteiger partial charge is 0.351 e. The molecule has 0 aromatic heterocycles. The molecule has 0 bridgehead atoms. The number of halogens is 1. The SMILES string of the molecule is CS(=O)(=O)N1CCCC(NC(=O)CSc2cccc3cccc(Cl)c23)C1. The van der Waals surface area contributed by atoms with Crippen LogP contribution in [0.1, 0.15) is 12.8 Å². The van der Waals surface area contributed by atoms with E-state index in [0.29, 0.717) is 18.1 Å². The molecule has 0 spiro atoms. The zero-order valence-electron chi connectivity index (χ0n) is 14.4. The molecule has 2 aromatic carbocycles. The van der Waals surface area contributed by atoms with Crippen LogP contribution >= 0.6 is 23.4 Å². The number of nitrogens with one attached hydrogen (secondary N) is 1. The summed E-state index contributed by atoms with van der Waals surface area (Å²) in [7, 11) is -3.22. The van der Waals surface area contributed by atoms with Gasteiger partial charge in [0.15, 0.2) is 0 Å². The maximum absolute atomic E-state index is 12.3. The van der Waals surface area contributed by atoms with Crippen molar-refractivity contribution in [3.05, 3.63) is 41.4 Å². The van der Waals surface area contributed by atoms with E-state index in [1.807, 2.05) is 36.4 Å². The second-order valence-corrected chi connectivity index (χ2v) is 9.82. The van der Waals surface area contributed by atoms with E-state index in [0.717, 1.165) is 28.5 Å². The molecule has 26 heavy (non-hydrogen) atoms. The molecular weight excluding hydrogens is 392 g/mol. The van der Waals surface area contributed by atoms with Crippen molar-refractivity contribution in [3.63, 3.8) is 0 Å². The molecule has 0 saturated carbocycles. The molecule has 1 fully saturated rings. The van der Waals surface area contributed by atoms with Crippen molar-refractivity contribution in [2.24, 2.45) is 0 Å². The third-order valence-corrected chi connectivity index (χ3v) is 7.04. The van der Waals surface area contributed by atoms with Crippen LogP contribution in [-0.4, -0.2) is 49.8 Å². The van der Waals surface area contributed by atoms with Gasteiger partial charge in [-0.15, -0.1) is 11.8 Å². The van der Waals surface area contributed by atoms with Gasteiger partial charge < -0.3 is 5.32 Å². The summed E-state index contributed by atoms with van der Waals surface area (Å²) in [4.78, 5) is 13.3. The predicted molar refractivity (Wildman–Crippen MR) is 107 cm³/mol. The molecule has 3 rings (SSSR count). The summed E-state index contributed by atoms with van der Waals surface area (Å²) in [6.07, 6.45) is 2.75. The Labute approximate surface area is 163 Å². The minimum Gasteiger partial charge on any atom is -0.351 e. The Kier molecular flexibility index (Phi) is 6.12. The fourth-order valence-electron chi connectivity index (χ4n) is 3.16. The van der Waals surface area contributed by atoms with Gasteiger partial charge in [-0.3, -0.25) is 4.79 Å². The van der Waals surface area contributed by atoms with Crippen LogP contribution in [0.3, 0.4) is 0 Å². The molecule has 1 amide bonds. The number of fused-ring (bicyclic) bond motifs is 1. The quantitative estimate of drug-likeness (QED) is 0.766. The van der Waals surface area contributed by atoms with Crippen molar-refractivity contribution in [1.29, 1.82) is 0 Å². The Balaban J connectivity index is 1.61. The van der Waals surface area contributed by atoms with Gasteiger partial charge in [0, 0.05) is 34.4 Å². The van der Waals surface area contributed by atoms with Crippen molar-refractivity contribution in [1.82, 2.24) is 9.62 Å². The lowest BCUT2D eigenvalue weighted by molar-refractivity contribution is -0.119. The number of carbonyl (C=O) groups is 1.